The Bertz CT molecular complexity index is 917. The first-order chi connectivity index (χ1) is 13.2. The van der Waals surface area contributed by atoms with Crippen LogP contribution in [0.15, 0.2) is 59.5 Å². The summed E-state index contributed by atoms with van der Waals surface area (Å²) in [5.74, 6) is 0.410. The molecule has 0 aromatic heterocycles. The molecule has 150 valence electrons. The fourth-order valence-electron chi connectivity index (χ4n) is 3.39. The predicted molar refractivity (Wildman–Crippen MR) is 117 cm³/mol. The molecule has 0 bridgehead atoms. The number of para-hydroxylation sites is 1. The number of rotatable bonds is 5. The molecule has 3 rings (SSSR count). The van der Waals surface area contributed by atoms with E-state index in [9.17, 15) is 13.2 Å². The Morgan fingerprint density at radius 1 is 1.07 bits per heavy atom. The number of thioether (sulfide) groups is 1. The third-order valence-corrected chi connectivity index (χ3v) is 7.71. The monoisotopic (exact) mass is 417 g/mol. The molecular weight excluding hydrogens is 390 g/mol. The largest absolute Gasteiger partial charge is 0.308 e. The second kappa shape index (κ2) is 8.29. The van der Waals surface area contributed by atoms with Crippen molar-refractivity contribution in [3.8, 4) is 0 Å². The lowest BCUT2D eigenvalue weighted by molar-refractivity contribution is -0.116. The van der Waals surface area contributed by atoms with Crippen LogP contribution in [0.2, 0.25) is 0 Å². The molecule has 1 atom stereocenters. The number of anilines is 1. The highest BCUT2D eigenvalue weighted by molar-refractivity contribution is 8.00. The van der Waals surface area contributed by atoms with Crippen LogP contribution < -0.4 is 4.90 Å². The van der Waals surface area contributed by atoms with Crippen molar-refractivity contribution >= 4 is 33.2 Å². The van der Waals surface area contributed by atoms with Gasteiger partial charge in [-0.05, 0) is 41.7 Å². The van der Waals surface area contributed by atoms with Crippen LogP contribution in [0.5, 0.6) is 0 Å². The summed E-state index contributed by atoms with van der Waals surface area (Å²) in [4.78, 5) is 15.8. The minimum Gasteiger partial charge on any atom is -0.308 e. The van der Waals surface area contributed by atoms with Gasteiger partial charge in [-0.2, -0.15) is 0 Å². The average molecular weight is 418 g/mol. The number of amides is 1. The van der Waals surface area contributed by atoms with E-state index in [0.29, 0.717) is 6.42 Å². The Balaban J connectivity index is 1.73. The lowest BCUT2D eigenvalue weighted by atomic mass is 9.87. The molecule has 6 heteroatoms. The zero-order chi connectivity index (χ0) is 20.4. The summed E-state index contributed by atoms with van der Waals surface area (Å²) in [6.07, 6.45) is 0.494. The summed E-state index contributed by atoms with van der Waals surface area (Å²) < 4.78 is 23.9. The molecule has 0 N–H and O–H groups in total. The van der Waals surface area contributed by atoms with Crippen LogP contribution in [0.1, 0.15) is 32.8 Å². The molecule has 1 aliphatic heterocycles. The van der Waals surface area contributed by atoms with Gasteiger partial charge in [0.1, 0.15) is 0 Å². The van der Waals surface area contributed by atoms with Crippen LogP contribution in [0, 0.1) is 0 Å². The van der Waals surface area contributed by atoms with E-state index in [2.05, 4.69) is 32.9 Å². The minimum absolute atomic E-state index is 0.0403. The molecule has 2 aromatic carbocycles. The molecule has 0 saturated carbocycles. The lowest BCUT2D eigenvalue weighted by Crippen LogP contribution is -2.42. The Hall–Kier alpha value is -1.79. The molecule has 4 nitrogen and oxygen atoms in total. The topological polar surface area (TPSA) is 54.5 Å². The van der Waals surface area contributed by atoms with E-state index in [1.165, 1.54) is 17.3 Å². The second-order valence-corrected chi connectivity index (χ2v) is 11.5. The number of carbonyl (C=O) groups excluding carboxylic acids is 1. The van der Waals surface area contributed by atoms with Gasteiger partial charge in [-0.25, -0.2) is 8.42 Å². The van der Waals surface area contributed by atoms with E-state index in [1.807, 2.05) is 42.5 Å². The Morgan fingerprint density at radius 2 is 1.71 bits per heavy atom. The van der Waals surface area contributed by atoms with Crippen LogP contribution in [-0.2, 0) is 20.0 Å². The first kappa shape index (κ1) is 20.9. The van der Waals surface area contributed by atoms with Gasteiger partial charge >= 0.3 is 0 Å². The highest BCUT2D eigenvalue weighted by Crippen LogP contribution is 2.28. The standard InChI is InChI=1S/C22H27NO3S2/c1-22(2,3)17-9-11-20(12-10-17)27-15-21(24)23(18-7-5-4-6-8-18)19-13-14-28(25,26)16-19/h4-12,19H,13-16H2,1-3H3/t19-/m0/s1. The summed E-state index contributed by atoms with van der Waals surface area (Å²) in [5, 5.41) is 0. The van der Waals surface area contributed by atoms with Crippen molar-refractivity contribution in [1.29, 1.82) is 0 Å². The van der Waals surface area contributed by atoms with E-state index < -0.39 is 9.84 Å². The van der Waals surface area contributed by atoms with Crippen molar-refractivity contribution in [3.05, 3.63) is 60.2 Å². The van der Waals surface area contributed by atoms with Gasteiger partial charge in [0, 0.05) is 10.6 Å². The third-order valence-electron chi connectivity index (χ3n) is 4.96. The van der Waals surface area contributed by atoms with Crippen LogP contribution in [0.4, 0.5) is 5.69 Å². The summed E-state index contributed by atoms with van der Waals surface area (Å²) in [6, 6.07) is 17.4. The SMILES string of the molecule is CC(C)(C)c1ccc(SCC(=O)N(c2ccccc2)[C@H]2CCS(=O)(=O)C2)cc1. The van der Waals surface area contributed by atoms with Gasteiger partial charge in [0.25, 0.3) is 0 Å². The van der Waals surface area contributed by atoms with Gasteiger partial charge < -0.3 is 4.90 Å². The number of carbonyl (C=O) groups is 1. The lowest BCUT2D eigenvalue weighted by Gasteiger charge is -2.28. The smallest absolute Gasteiger partial charge is 0.237 e. The van der Waals surface area contributed by atoms with Gasteiger partial charge in [0.15, 0.2) is 9.84 Å². The molecule has 1 heterocycles. The predicted octanol–water partition coefficient (Wildman–Crippen LogP) is 4.30. The van der Waals surface area contributed by atoms with E-state index in [4.69, 9.17) is 0 Å². The summed E-state index contributed by atoms with van der Waals surface area (Å²) >= 11 is 1.49. The molecule has 0 aliphatic carbocycles. The fourth-order valence-corrected chi connectivity index (χ4v) is 5.85. The maximum atomic E-state index is 13.1. The van der Waals surface area contributed by atoms with E-state index in [-0.39, 0.29) is 34.6 Å². The number of sulfone groups is 1. The molecule has 0 unspecified atom stereocenters. The Labute approximate surface area is 172 Å². The summed E-state index contributed by atoms with van der Waals surface area (Å²) in [6.45, 7) is 6.52. The summed E-state index contributed by atoms with van der Waals surface area (Å²) in [7, 11) is -3.07. The zero-order valence-corrected chi connectivity index (χ0v) is 18.2. The molecule has 0 spiro atoms. The van der Waals surface area contributed by atoms with Gasteiger partial charge in [-0.15, -0.1) is 11.8 Å². The second-order valence-electron chi connectivity index (χ2n) is 8.22. The Kier molecular flexibility index (Phi) is 6.20. The number of nitrogens with zero attached hydrogens (tertiary/aromatic N) is 1. The van der Waals surface area contributed by atoms with Crippen LogP contribution in [0.25, 0.3) is 0 Å². The van der Waals surface area contributed by atoms with Gasteiger partial charge in [-0.1, -0.05) is 51.1 Å². The quantitative estimate of drug-likeness (QED) is 0.681. The molecule has 1 aliphatic rings. The van der Waals surface area contributed by atoms with Crippen LogP contribution in [-0.4, -0.2) is 37.6 Å². The van der Waals surface area contributed by atoms with E-state index in [1.54, 1.807) is 4.90 Å². The van der Waals surface area contributed by atoms with Crippen molar-refractivity contribution < 1.29 is 13.2 Å². The van der Waals surface area contributed by atoms with Gasteiger partial charge in [-0.3, -0.25) is 4.79 Å². The average Bonchev–Trinajstić information content (AvgIpc) is 3.00. The van der Waals surface area contributed by atoms with Crippen molar-refractivity contribution in [2.24, 2.45) is 0 Å². The maximum absolute atomic E-state index is 13.1. The first-order valence-corrected chi connectivity index (χ1v) is 12.3. The number of hydrogen-bond donors (Lipinski definition) is 0. The molecule has 1 fully saturated rings. The van der Waals surface area contributed by atoms with E-state index in [0.717, 1.165) is 10.6 Å². The molecule has 28 heavy (non-hydrogen) atoms. The van der Waals surface area contributed by atoms with E-state index >= 15 is 0 Å². The molecule has 1 saturated heterocycles. The Morgan fingerprint density at radius 3 is 2.25 bits per heavy atom. The number of hydrogen-bond acceptors (Lipinski definition) is 4. The molecule has 1 amide bonds. The van der Waals surface area contributed by atoms with Gasteiger partial charge in [0.05, 0.1) is 23.3 Å². The minimum atomic E-state index is -3.07. The van der Waals surface area contributed by atoms with Crippen LogP contribution in [0.3, 0.4) is 0 Å². The highest BCUT2D eigenvalue weighted by Gasteiger charge is 2.35. The molecule has 2 aromatic rings. The fraction of sp³-hybridized carbons (Fsp3) is 0.409. The van der Waals surface area contributed by atoms with Crippen molar-refractivity contribution in [1.82, 2.24) is 0 Å². The molecule has 0 radical (unpaired) electrons. The molecular formula is C22H27NO3S2. The van der Waals surface area contributed by atoms with Crippen molar-refractivity contribution in [2.45, 2.75) is 43.5 Å². The number of benzene rings is 2. The zero-order valence-electron chi connectivity index (χ0n) is 16.6. The van der Waals surface area contributed by atoms with Gasteiger partial charge in [0.2, 0.25) is 5.91 Å². The van der Waals surface area contributed by atoms with Crippen molar-refractivity contribution in [3.63, 3.8) is 0 Å². The third kappa shape index (κ3) is 5.17. The van der Waals surface area contributed by atoms with Crippen LogP contribution >= 0.6 is 11.8 Å². The highest BCUT2D eigenvalue weighted by atomic mass is 32.2. The summed E-state index contributed by atoms with van der Waals surface area (Å²) in [5.41, 5.74) is 2.11. The maximum Gasteiger partial charge on any atom is 0.237 e. The first-order valence-electron chi connectivity index (χ1n) is 9.47. The van der Waals surface area contributed by atoms with Crippen molar-refractivity contribution in [2.75, 3.05) is 22.2 Å². The normalized spacial score (nSPS) is 18.8.